The lowest BCUT2D eigenvalue weighted by molar-refractivity contribution is -0.107. The number of rotatable bonds is 2. The first-order valence-electron chi connectivity index (χ1n) is 6.35. The van der Waals surface area contributed by atoms with Crippen LogP contribution in [0.1, 0.15) is 33.1 Å². The molecule has 0 atom stereocenters. The Balaban J connectivity index is -0.000000205. The minimum Gasteiger partial charge on any atom is -0.453 e. The van der Waals surface area contributed by atoms with Crippen molar-refractivity contribution in [3.8, 4) is 0 Å². The summed E-state index contributed by atoms with van der Waals surface area (Å²) in [5, 5.41) is 2.15. The number of alkyl carbamates (subject to hydrolysis) is 1. The van der Waals surface area contributed by atoms with E-state index in [1.807, 2.05) is 6.79 Å². The minimum atomic E-state index is -0.586. The van der Waals surface area contributed by atoms with Gasteiger partial charge >= 0.3 is 6.09 Å². The Morgan fingerprint density at radius 3 is 1.95 bits per heavy atom. The van der Waals surface area contributed by atoms with Crippen LogP contribution in [0, 0.1) is 0 Å². The maximum atomic E-state index is 10.1. The molecule has 114 valence electrons. The molecule has 0 aromatic carbocycles. The zero-order chi connectivity index (χ0) is 15.5. The van der Waals surface area contributed by atoms with Gasteiger partial charge in [0.2, 0.25) is 0 Å². The Bertz CT molecular complexity index is 195. The Morgan fingerprint density at radius 1 is 1.32 bits per heavy atom. The van der Waals surface area contributed by atoms with Crippen LogP contribution in [0.2, 0.25) is 0 Å². The SMILES string of the molecule is C=O.CCC.CN1CCCC1.COC(=O)NCC=O. The van der Waals surface area contributed by atoms with Crippen molar-refractivity contribution in [2.24, 2.45) is 0 Å². The summed E-state index contributed by atoms with van der Waals surface area (Å²) in [6.07, 6.45) is 4.07. The van der Waals surface area contributed by atoms with Gasteiger partial charge in [-0.15, -0.1) is 0 Å². The number of hydrogen-bond acceptors (Lipinski definition) is 5. The third-order valence-electron chi connectivity index (χ3n) is 1.84. The van der Waals surface area contributed by atoms with E-state index in [0.717, 1.165) is 0 Å². The van der Waals surface area contributed by atoms with Crippen molar-refractivity contribution in [2.45, 2.75) is 33.1 Å². The molecule has 0 saturated carbocycles. The minimum absolute atomic E-state index is 0.00662. The molecular weight excluding hydrogens is 248 g/mol. The van der Waals surface area contributed by atoms with Gasteiger partial charge in [-0.2, -0.15) is 0 Å². The van der Waals surface area contributed by atoms with E-state index in [9.17, 15) is 9.59 Å². The van der Waals surface area contributed by atoms with Gasteiger partial charge in [0, 0.05) is 0 Å². The smallest absolute Gasteiger partial charge is 0.407 e. The topological polar surface area (TPSA) is 75.7 Å². The van der Waals surface area contributed by atoms with Gasteiger partial charge in [0.1, 0.15) is 13.1 Å². The van der Waals surface area contributed by atoms with Gasteiger partial charge in [0.05, 0.1) is 13.7 Å². The van der Waals surface area contributed by atoms with Crippen LogP contribution in [0.3, 0.4) is 0 Å². The van der Waals surface area contributed by atoms with E-state index in [4.69, 9.17) is 4.79 Å². The van der Waals surface area contributed by atoms with Gasteiger partial charge in [0.15, 0.2) is 0 Å². The number of nitrogens with one attached hydrogen (secondary N) is 1. The van der Waals surface area contributed by atoms with E-state index >= 15 is 0 Å². The van der Waals surface area contributed by atoms with Crippen LogP contribution in [0.15, 0.2) is 0 Å². The summed E-state index contributed by atoms with van der Waals surface area (Å²) in [5.74, 6) is 0. The van der Waals surface area contributed by atoms with Gasteiger partial charge in [-0.1, -0.05) is 20.3 Å². The van der Waals surface area contributed by atoms with E-state index in [-0.39, 0.29) is 6.54 Å². The van der Waals surface area contributed by atoms with Crippen molar-refractivity contribution < 1.29 is 19.1 Å². The predicted octanol–water partition coefficient (Wildman–Crippen LogP) is 1.48. The molecular formula is C13H28N2O4. The molecule has 1 aliphatic rings. The molecule has 1 heterocycles. The average molecular weight is 276 g/mol. The van der Waals surface area contributed by atoms with Crippen molar-refractivity contribution in [3.05, 3.63) is 0 Å². The molecule has 1 saturated heterocycles. The van der Waals surface area contributed by atoms with Gasteiger partial charge < -0.3 is 24.5 Å². The number of amides is 1. The third-order valence-corrected chi connectivity index (χ3v) is 1.84. The maximum absolute atomic E-state index is 10.1. The summed E-state index contributed by atoms with van der Waals surface area (Å²) in [4.78, 5) is 30.0. The number of nitrogens with zero attached hydrogens (tertiary/aromatic N) is 1. The molecule has 0 spiro atoms. The highest BCUT2D eigenvalue weighted by molar-refractivity contribution is 5.70. The molecule has 0 aromatic heterocycles. The van der Waals surface area contributed by atoms with Crippen LogP contribution in [-0.2, 0) is 14.3 Å². The second-order valence-electron chi connectivity index (χ2n) is 3.76. The Hall–Kier alpha value is -1.43. The summed E-state index contributed by atoms with van der Waals surface area (Å²) < 4.78 is 4.14. The van der Waals surface area contributed by atoms with Crippen LogP contribution in [0.5, 0.6) is 0 Å². The van der Waals surface area contributed by atoms with Gasteiger partial charge in [-0.3, -0.25) is 0 Å². The molecule has 0 aliphatic carbocycles. The van der Waals surface area contributed by atoms with E-state index < -0.39 is 6.09 Å². The summed E-state index contributed by atoms with van der Waals surface area (Å²) in [6.45, 7) is 8.90. The lowest BCUT2D eigenvalue weighted by Crippen LogP contribution is -2.24. The van der Waals surface area contributed by atoms with Crippen LogP contribution < -0.4 is 5.32 Å². The molecule has 6 heteroatoms. The quantitative estimate of drug-likeness (QED) is 0.773. The lowest BCUT2D eigenvalue weighted by atomic mass is 10.4. The molecule has 6 nitrogen and oxygen atoms in total. The van der Waals surface area contributed by atoms with Crippen molar-refractivity contribution >= 4 is 19.2 Å². The summed E-state index contributed by atoms with van der Waals surface area (Å²) in [6, 6.07) is 0. The average Bonchev–Trinajstić information content (AvgIpc) is 2.91. The van der Waals surface area contributed by atoms with Crippen molar-refractivity contribution in [3.63, 3.8) is 0 Å². The van der Waals surface area contributed by atoms with Crippen molar-refractivity contribution in [1.82, 2.24) is 10.2 Å². The highest BCUT2D eigenvalue weighted by Gasteiger charge is 2.03. The van der Waals surface area contributed by atoms with Crippen LogP contribution >= 0.6 is 0 Å². The molecule has 0 radical (unpaired) electrons. The summed E-state index contributed by atoms with van der Waals surface area (Å²) in [5.41, 5.74) is 0. The molecule has 1 aliphatic heterocycles. The fourth-order valence-corrected chi connectivity index (χ4v) is 1.07. The van der Waals surface area contributed by atoms with Crippen LogP contribution in [0.25, 0.3) is 0 Å². The highest BCUT2D eigenvalue weighted by atomic mass is 16.5. The zero-order valence-corrected chi connectivity index (χ0v) is 12.6. The Kier molecular flexibility index (Phi) is 26.1. The van der Waals surface area contributed by atoms with Crippen LogP contribution in [-0.4, -0.2) is 57.9 Å². The highest BCUT2D eigenvalue weighted by Crippen LogP contribution is 2.02. The first-order valence-corrected chi connectivity index (χ1v) is 6.35. The summed E-state index contributed by atoms with van der Waals surface area (Å²) >= 11 is 0. The monoisotopic (exact) mass is 276 g/mol. The largest absolute Gasteiger partial charge is 0.453 e. The molecule has 1 amide bonds. The number of aldehydes is 1. The second-order valence-corrected chi connectivity index (χ2v) is 3.76. The fraction of sp³-hybridized carbons (Fsp3) is 0.769. The maximum Gasteiger partial charge on any atom is 0.407 e. The van der Waals surface area contributed by atoms with Gasteiger partial charge in [-0.05, 0) is 33.0 Å². The van der Waals surface area contributed by atoms with E-state index in [0.29, 0.717) is 6.29 Å². The number of methoxy groups -OCH3 is 1. The second kappa shape index (κ2) is 21.8. The Morgan fingerprint density at radius 2 is 1.74 bits per heavy atom. The first-order chi connectivity index (χ1) is 9.12. The normalized spacial score (nSPS) is 12.4. The zero-order valence-electron chi connectivity index (χ0n) is 12.6. The van der Waals surface area contributed by atoms with Crippen molar-refractivity contribution in [1.29, 1.82) is 0 Å². The molecule has 1 fully saturated rings. The molecule has 19 heavy (non-hydrogen) atoms. The lowest BCUT2D eigenvalue weighted by Gasteiger charge is -2.01. The number of carbonyl (C=O) groups excluding carboxylic acids is 3. The number of ether oxygens (including phenoxy) is 1. The molecule has 0 unspecified atom stereocenters. The number of hydrogen-bond donors (Lipinski definition) is 1. The van der Waals surface area contributed by atoms with E-state index in [1.165, 1.54) is 39.5 Å². The predicted molar refractivity (Wildman–Crippen MR) is 76.3 cm³/mol. The third kappa shape index (κ3) is 26.3. The van der Waals surface area contributed by atoms with Gasteiger partial charge in [-0.25, -0.2) is 4.79 Å². The number of carbonyl (C=O) groups is 3. The standard InChI is InChI=1S/C5H11N.C4H7NO3.C3H8.CH2O/c1-6-4-2-3-5-6;1-8-4(7)5-2-3-6;1-3-2;1-2/h2-5H2,1H3;3H,2H2,1H3,(H,5,7);3H2,1-2H3;1H2. The van der Waals surface area contributed by atoms with Gasteiger partial charge in [0.25, 0.3) is 0 Å². The first kappa shape index (κ1) is 22.7. The molecule has 1 rings (SSSR count). The van der Waals surface area contributed by atoms with Crippen LogP contribution in [0.4, 0.5) is 4.79 Å². The Labute approximate surface area is 116 Å². The summed E-state index contributed by atoms with van der Waals surface area (Å²) in [7, 11) is 3.41. The number of likely N-dealkylation sites (tertiary alicyclic amines) is 1. The van der Waals surface area contributed by atoms with E-state index in [2.05, 4.69) is 35.8 Å². The molecule has 1 N–H and O–H groups in total. The van der Waals surface area contributed by atoms with Crippen molar-refractivity contribution in [2.75, 3.05) is 33.8 Å². The molecule has 0 aromatic rings. The fourth-order valence-electron chi connectivity index (χ4n) is 1.07. The van der Waals surface area contributed by atoms with E-state index in [1.54, 1.807) is 0 Å². The molecule has 0 bridgehead atoms.